The number of hydrogen-bond donors (Lipinski definition) is 1. The van der Waals surface area contributed by atoms with Crippen molar-refractivity contribution in [1.29, 1.82) is 0 Å². The Morgan fingerprint density at radius 3 is 2.78 bits per heavy atom. The van der Waals surface area contributed by atoms with Crippen molar-refractivity contribution in [2.45, 2.75) is 0 Å². The Morgan fingerprint density at radius 1 is 1.04 bits per heavy atom. The van der Waals surface area contributed by atoms with E-state index in [1.54, 1.807) is 23.4 Å². The number of aromatic nitrogens is 5. The van der Waals surface area contributed by atoms with Crippen LogP contribution in [0, 0.1) is 0 Å². The van der Waals surface area contributed by atoms with Crippen LogP contribution in [-0.2, 0) is 0 Å². The average molecular weight is 323 g/mol. The second-order valence-electron chi connectivity index (χ2n) is 4.89. The Morgan fingerprint density at radius 2 is 2.00 bits per heavy atom. The van der Waals surface area contributed by atoms with Crippen molar-refractivity contribution in [3.63, 3.8) is 0 Å². The number of benzene rings is 1. The van der Waals surface area contributed by atoms with Gasteiger partial charge in [-0.05, 0) is 36.4 Å². The van der Waals surface area contributed by atoms with Crippen LogP contribution in [0.4, 0.5) is 11.4 Å². The molecule has 0 amide bonds. The van der Waals surface area contributed by atoms with Gasteiger partial charge in [0.2, 0.25) is 0 Å². The average Bonchev–Trinajstić information content (AvgIpc) is 3.10. The van der Waals surface area contributed by atoms with Gasteiger partial charge < -0.3 is 5.32 Å². The summed E-state index contributed by atoms with van der Waals surface area (Å²) in [6.45, 7) is 0. The molecule has 0 bridgehead atoms. The second kappa shape index (κ2) is 5.66. The highest BCUT2D eigenvalue weighted by Crippen LogP contribution is 2.26. The number of rotatable bonds is 3. The molecule has 23 heavy (non-hydrogen) atoms. The zero-order valence-electron chi connectivity index (χ0n) is 11.9. The topological polar surface area (TPSA) is 68.5 Å². The molecule has 0 atom stereocenters. The molecule has 4 rings (SSSR count). The molecule has 3 aromatic heterocycles. The van der Waals surface area contributed by atoms with Crippen LogP contribution in [0.1, 0.15) is 0 Å². The van der Waals surface area contributed by atoms with Gasteiger partial charge in [-0.3, -0.25) is 4.98 Å². The van der Waals surface area contributed by atoms with E-state index < -0.39 is 0 Å². The molecule has 0 aliphatic rings. The highest BCUT2D eigenvalue weighted by atomic mass is 35.5. The summed E-state index contributed by atoms with van der Waals surface area (Å²) in [6.07, 6.45) is 6.58. The predicted molar refractivity (Wildman–Crippen MR) is 89.2 cm³/mol. The molecule has 7 heteroatoms. The lowest BCUT2D eigenvalue weighted by Gasteiger charge is -2.10. The molecule has 0 unspecified atom stereocenters. The Hall–Kier alpha value is -2.99. The summed E-state index contributed by atoms with van der Waals surface area (Å²) in [5.41, 5.74) is 2.66. The first kappa shape index (κ1) is 13.7. The summed E-state index contributed by atoms with van der Waals surface area (Å²) >= 11 is 6.01. The number of nitrogens with zero attached hydrogens (tertiary/aromatic N) is 5. The zero-order chi connectivity index (χ0) is 15.6. The van der Waals surface area contributed by atoms with Crippen molar-refractivity contribution < 1.29 is 0 Å². The lowest BCUT2D eigenvalue weighted by atomic mass is 10.2. The van der Waals surface area contributed by atoms with Crippen LogP contribution >= 0.6 is 11.6 Å². The number of pyridine rings is 2. The number of hydrogen-bond acceptors (Lipinski definition) is 5. The summed E-state index contributed by atoms with van der Waals surface area (Å²) in [7, 11) is 0. The molecular weight excluding hydrogens is 312 g/mol. The van der Waals surface area contributed by atoms with Crippen molar-refractivity contribution in [3.8, 4) is 5.82 Å². The normalized spacial score (nSPS) is 10.8. The lowest BCUT2D eigenvalue weighted by Crippen LogP contribution is -1.99. The number of nitrogens with one attached hydrogen (secondary N) is 1. The van der Waals surface area contributed by atoms with E-state index >= 15 is 0 Å². The van der Waals surface area contributed by atoms with E-state index in [0.29, 0.717) is 10.8 Å². The molecule has 4 aromatic rings. The second-order valence-corrected chi connectivity index (χ2v) is 5.33. The minimum absolute atomic E-state index is 0.668. The van der Waals surface area contributed by atoms with Crippen LogP contribution in [0.5, 0.6) is 0 Å². The third kappa shape index (κ3) is 2.72. The fraction of sp³-hybridized carbons (Fsp3) is 0. The van der Waals surface area contributed by atoms with Gasteiger partial charge >= 0.3 is 0 Å². The molecule has 1 N–H and O–H groups in total. The summed E-state index contributed by atoms with van der Waals surface area (Å²) in [6, 6.07) is 11.4. The smallest absolute Gasteiger partial charge is 0.155 e. The van der Waals surface area contributed by atoms with E-state index in [1.807, 2.05) is 36.4 Å². The third-order valence-electron chi connectivity index (χ3n) is 3.39. The van der Waals surface area contributed by atoms with Crippen LogP contribution < -0.4 is 5.32 Å². The van der Waals surface area contributed by atoms with Crippen LogP contribution in [0.2, 0.25) is 5.02 Å². The van der Waals surface area contributed by atoms with Gasteiger partial charge in [0.25, 0.3) is 0 Å². The van der Waals surface area contributed by atoms with E-state index in [2.05, 4.69) is 25.4 Å². The van der Waals surface area contributed by atoms with Crippen molar-refractivity contribution >= 4 is 33.9 Å². The maximum Gasteiger partial charge on any atom is 0.155 e. The van der Waals surface area contributed by atoms with Crippen molar-refractivity contribution in [1.82, 2.24) is 24.7 Å². The molecule has 1 aromatic carbocycles. The SMILES string of the molecule is Clc1ccc2c(Nc3ccc(-n4cncn4)nc3)ccnc2c1. The minimum Gasteiger partial charge on any atom is -0.354 e. The van der Waals surface area contributed by atoms with E-state index in [-0.39, 0.29) is 0 Å². The molecular formula is C16H11ClN6. The first-order valence-corrected chi connectivity index (χ1v) is 7.30. The molecule has 0 radical (unpaired) electrons. The largest absolute Gasteiger partial charge is 0.354 e. The van der Waals surface area contributed by atoms with Crippen LogP contribution in [0.25, 0.3) is 16.7 Å². The summed E-state index contributed by atoms with van der Waals surface area (Å²) in [5, 5.41) is 9.06. The predicted octanol–water partition coefficient (Wildman–Crippen LogP) is 3.61. The van der Waals surface area contributed by atoms with E-state index in [4.69, 9.17) is 11.6 Å². The first-order valence-electron chi connectivity index (χ1n) is 6.92. The van der Waals surface area contributed by atoms with Crippen LogP contribution in [0.3, 0.4) is 0 Å². The monoisotopic (exact) mass is 322 g/mol. The number of anilines is 2. The fourth-order valence-corrected chi connectivity index (χ4v) is 2.47. The molecule has 112 valence electrons. The molecule has 0 spiro atoms. The standard InChI is InChI=1S/C16H11ClN6/c17-11-1-3-13-14(5-6-19-15(13)7-11)22-12-2-4-16(20-8-12)23-10-18-9-21-23/h1-10H,(H,19,22). The summed E-state index contributed by atoms with van der Waals surface area (Å²) in [5.74, 6) is 0.708. The van der Waals surface area contributed by atoms with Gasteiger partial charge in [-0.25, -0.2) is 14.6 Å². The molecule has 0 saturated heterocycles. The molecule has 0 saturated carbocycles. The molecule has 0 fully saturated rings. The first-order chi connectivity index (χ1) is 11.3. The highest BCUT2D eigenvalue weighted by molar-refractivity contribution is 6.31. The van der Waals surface area contributed by atoms with E-state index in [1.165, 1.54) is 6.33 Å². The van der Waals surface area contributed by atoms with Gasteiger partial charge in [-0.1, -0.05) is 11.6 Å². The lowest BCUT2D eigenvalue weighted by molar-refractivity contribution is 0.846. The quantitative estimate of drug-likeness (QED) is 0.624. The maximum absolute atomic E-state index is 6.01. The summed E-state index contributed by atoms with van der Waals surface area (Å²) < 4.78 is 1.60. The Bertz CT molecular complexity index is 950. The van der Waals surface area contributed by atoms with Gasteiger partial charge in [0.15, 0.2) is 5.82 Å². The third-order valence-corrected chi connectivity index (χ3v) is 3.62. The minimum atomic E-state index is 0.668. The Labute approximate surface area is 136 Å². The van der Waals surface area contributed by atoms with Crippen LogP contribution in [-0.4, -0.2) is 24.7 Å². The molecule has 6 nitrogen and oxygen atoms in total. The van der Waals surface area contributed by atoms with Gasteiger partial charge in [0.05, 0.1) is 17.4 Å². The Balaban J connectivity index is 1.66. The van der Waals surface area contributed by atoms with Gasteiger partial charge in [-0.15, -0.1) is 0 Å². The highest BCUT2D eigenvalue weighted by Gasteiger charge is 2.04. The number of halogens is 1. The van der Waals surface area contributed by atoms with E-state index in [0.717, 1.165) is 22.3 Å². The molecule has 3 heterocycles. The van der Waals surface area contributed by atoms with E-state index in [9.17, 15) is 0 Å². The molecule has 0 aliphatic carbocycles. The van der Waals surface area contributed by atoms with Gasteiger partial charge in [0, 0.05) is 22.3 Å². The Kier molecular flexibility index (Phi) is 3.36. The van der Waals surface area contributed by atoms with Gasteiger partial charge in [-0.2, -0.15) is 5.10 Å². The number of fused-ring (bicyclic) bond motifs is 1. The maximum atomic E-state index is 6.01. The fourth-order valence-electron chi connectivity index (χ4n) is 2.31. The van der Waals surface area contributed by atoms with Crippen molar-refractivity contribution in [2.24, 2.45) is 0 Å². The molecule has 0 aliphatic heterocycles. The zero-order valence-corrected chi connectivity index (χ0v) is 12.6. The van der Waals surface area contributed by atoms with Crippen LogP contribution in [0.15, 0.2) is 61.4 Å². The van der Waals surface area contributed by atoms with Crippen molar-refractivity contribution in [2.75, 3.05) is 5.32 Å². The van der Waals surface area contributed by atoms with Gasteiger partial charge in [0.1, 0.15) is 12.7 Å². The van der Waals surface area contributed by atoms with Crippen molar-refractivity contribution in [3.05, 3.63) is 66.5 Å². The summed E-state index contributed by atoms with van der Waals surface area (Å²) in [4.78, 5) is 12.6.